The van der Waals surface area contributed by atoms with E-state index in [4.69, 9.17) is 5.11 Å². The molecule has 0 saturated heterocycles. The van der Waals surface area contributed by atoms with E-state index in [1.54, 1.807) is 6.92 Å². The summed E-state index contributed by atoms with van der Waals surface area (Å²) in [6.45, 7) is 1.77. The number of halogens is 3. The van der Waals surface area contributed by atoms with Crippen molar-refractivity contribution in [2.75, 3.05) is 0 Å². The zero-order valence-corrected chi connectivity index (χ0v) is 6.93. The molecule has 0 spiro atoms. The Bertz CT molecular complexity index is 151. The molecule has 0 aromatic heterocycles. The van der Waals surface area contributed by atoms with Crippen molar-refractivity contribution in [2.45, 2.75) is 38.5 Å². The van der Waals surface area contributed by atoms with E-state index in [0.29, 0.717) is 5.92 Å². The number of hydrogen-bond acceptors (Lipinski definition) is 1. The van der Waals surface area contributed by atoms with Crippen LogP contribution < -0.4 is 0 Å². The molecule has 0 bridgehead atoms. The van der Waals surface area contributed by atoms with Gasteiger partial charge in [-0.2, -0.15) is 13.2 Å². The van der Waals surface area contributed by atoms with E-state index in [2.05, 4.69) is 0 Å². The standard InChI is InChI=1S/C8H13F3O/c1-5(6-2-3-6)4-7(12)8(9,10)11/h5-7,12H,2-4H2,1H3/t5?,7-/m0/s1. The summed E-state index contributed by atoms with van der Waals surface area (Å²) in [4.78, 5) is 0. The lowest BCUT2D eigenvalue weighted by atomic mass is 9.98. The molecular formula is C8H13F3O. The summed E-state index contributed by atoms with van der Waals surface area (Å²) in [5.74, 6) is 0.420. The van der Waals surface area contributed by atoms with Crippen LogP contribution in [0.3, 0.4) is 0 Å². The molecule has 1 rings (SSSR count). The maximum atomic E-state index is 11.8. The van der Waals surface area contributed by atoms with Crippen molar-refractivity contribution in [3.05, 3.63) is 0 Å². The molecule has 0 radical (unpaired) electrons. The Kier molecular flexibility index (Phi) is 2.66. The molecule has 0 aliphatic heterocycles. The van der Waals surface area contributed by atoms with Gasteiger partial charge >= 0.3 is 6.18 Å². The molecule has 0 amide bonds. The average Bonchev–Trinajstić information content (AvgIpc) is 2.65. The normalized spacial score (nSPS) is 23.8. The lowest BCUT2D eigenvalue weighted by Gasteiger charge is -2.18. The van der Waals surface area contributed by atoms with Gasteiger partial charge in [0.1, 0.15) is 6.10 Å². The van der Waals surface area contributed by atoms with Crippen molar-refractivity contribution in [2.24, 2.45) is 11.8 Å². The third-order valence-electron chi connectivity index (χ3n) is 2.40. The highest BCUT2D eigenvalue weighted by Crippen LogP contribution is 2.40. The SMILES string of the molecule is CC(C[C@H](O)C(F)(F)F)C1CC1. The summed E-state index contributed by atoms with van der Waals surface area (Å²) < 4.78 is 35.5. The summed E-state index contributed by atoms with van der Waals surface area (Å²) in [5.41, 5.74) is 0. The van der Waals surface area contributed by atoms with Gasteiger partial charge in [0, 0.05) is 0 Å². The smallest absolute Gasteiger partial charge is 0.384 e. The van der Waals surface area contributed by atoms with Crippen LogP contribution in [0.2, 0.25) is 0 Å². The second-order valence-electron chi connectivity index (χ2n) is 3.61. The summed E-state index contributed by atoms with van der Waals surface area (Å²) in [6.07, 6.45) is -4.68. The highest BCUT2D eigenvalue weighted by molar-refractivity contribution is 4.81. The lowest BCUT2D eigenvalue weighted by Crippen LogP contribution is -2.30. The van der Waals surface area contributed by atoms with E-state index >= 15 is 0 Å². The molecule has 1 nitrogen and oxygen atoms in total. The molecule has 1 fully saturated rings. The molecule has 1 saturated carbocycles. The van der Waals surface area contributed by atoms with Crippen LogP contribution in [0.5, 0.6) is 0 Å². The minimum Gasteiger partial charge on any atom is -0.384 e. The first-order valence-corrected chi connectivity index (χ1v) is 4.16. The maximum Gasteiger partial charge on any atom is 0.414 e. The van der Waals surface area contributed by atoms with Crippen molar-refractivity contribution >= 4 is 0 Å². The second-order valence-corrected chi connectivity index (χ2v) is 3.61. The monoisotopic (exact) mass is 182 g/mol. The van der Waals surface area contributed by atoms with Gasteiger partial charge in [0.25, 0.3) is 0 Å². The molecule has 0 heterocycles. The predicted octanol–water partition coefficient (Wildman–Crippen LogP) is 2.35. The van der Waals surface area contributed by atoms with Crippen molar-refractivity contribution in [3.8, 4) is 0 Å². The van der Waals surface area contributed by atoms with Crippen molar-refractivity contribution in [1.29, 1.82) is 0 Å². The molecule has 1 N–H and O–H groups in total. The van der Waals surface area contributed by atoms with Crippen LogP contribution in [0.4, 0.5) is 13.2 Å². The quantitative estimate of drug-likeness (QED) is 0.710. The van der Waals surface area contributed by atoms with Crippen LogP contribution in [0.15, 0.2) is 0 Å². The first kappa shape index (κ1) is 9.84. The molecule has 0 aromatic carbocycles. The zero-order chi connectivity index (χ0) is 9.35. The fourth-order valence-corrected chi connectivity index (χ4v) is 1.34. The van der Waals surface area contributed by atoms with Gasteiger partial charge in [-0.15, -0.1) is 0 Å². The Hall–Kier alpha value is -0.250. The van der Waals surface area contributed by atoms with E-state index < -0.39 is 12.3 Å². The number of alkyl halides is 3. The lowest BCUT2D eigenvalue weighted by molar-refractivity contribution is -0.208. The summed E-state index contributed by atoms with van der Waals surface area (Å²) in [7, 11) is 0. The van der Waals surface area contributed by atoms with Crippen molar-refractivity contribution in [3.63, 3.8) is 0 Å². The molecule has 2 atom stereocenters. The molecule has 72 valence electrons. The maximum absolute atomic E-state index is 11.8. The number of rotatable bonds is 3. The first-order valence-electron chi connectivity index (χ1n) is 4.16. The van der Waals surface area contributed by atoms with Gasteiger partial charge in [-0.25, -0.2) is 0 Å². The minimum absolute atomic E-state index is 0.00150. The van der Waals surface area contributed by atoms with Gasteiger partial charge < -0.3 is 5.11 Å². The number of hydrogen-bond donors (Lipinski definition) is 1. The summed E-state index contributed by atoms with van der Waals surface area (Å²) in [5, 5.41) is 8.71. The first-order chi connectivity index (χ1) is 5.41. The molecule has 1 unspecified atom stereocenters. The van der Waals surface area contributed by atoms with E-state index in [9.17, 15) is 13.2 Å². The van der Waals surface area contributed by atoms with Crippen LogP contribution in [-0.2, 0) is 0 Å². The molecule has 1 aliphatic rings. The molecule has 1 aliphatic carbocycles. The van der Waals surface area contributed by atoms with Crippen molar-refractivity contribution in [1.82, 2.24) is 0 Å². The average molecular weight is 182 g/mol. The van der Waals surface area contributed by atoms with Gasteiger partial charge in [0.15, 0.2) is 0 Å². The Morgan fingerprint density at radius 1 is 1.42 bits per heavy atom. The predicted molar refractivity (Wildman–Crippen MR) is 38.6 cm³/mol. The number of aliphatic hydroxyl groups excluding tert-OH is 1. The highest BCUT2D eigenvalue weighted by Gasteiger charge is 2.41. The Labute approximate surface area is 69.6 Å². The molecule has 12 heavy (non-hydrogen) atoms. The van der Waals surface area contributed by atoms with E-state index in [1.807, 2.05) is 0 Å². The van der Waals surface area contributed by atoms with E-state index in [1.165, 1.54) is 0 Å². The molecule has 0 aromatic rings. The van der Waals surface area contributed by atoms with Gasteiger partial charge in [-0.1, -0.05) is 6.92 Å². The van der Waals surface area contributed by atoms with E-state index in [-0.39, 0.29) is 12.3 Å². The number of aliphatic hydroxyl groups is 1. The van der Waals surface area contributed by atoms with Crippen LogP contribution in [0.25, 0.3) is 0 Å². The molecular weight excluding hydrogens is 169 g/mol. The van der Waals surface area contributed by atoms with Gasteiger partial charge in [-0.3, -0.25) is 0 Å². The van der Waals surface area contributed by atoms with Crippen molar-refractivity contribution < 1.29 is 18.3 Å². The largest absolute Gasteiger partial charge is 0.414 e. The van der Waals surface area contributed by atoms with Crippen LogP contribution in [0.1, 0.15) is 26.2 Å². The fraction of sp³-hybridized carbons (Fsp3) is 1.00. The van der Waals surface area contributed by atoms with Crippen LogP contribution >= 0.6 is 0 Å². The second kappa shape index (κ2) is 3.24. The summed E-state index contributed by atoms with van der Waals surface area (Å²) in [6, 6.07) is 0. The third-order valence-corrected chi connectivity index (χ3v) is 2.40. The van der Waals surface area contributed by atoms with E-state index in [0.717, 1.165) is 12.8 Å². The topological polar surface area (TPSA) is 20.2 Å². The Morgan fingerprint density at radius 3 is 2.25 bits per heavy atom. The zero-order valence-electron chi connectivity index (χ0n) is 6.93. The highest BCUT2D eigenvalue weighted by atomic mass is 19.4. The van der Waals surface area contributed by atoms with Gasteiger partial charge in [0.05, 0.1) is 0 Å². The van der Waals surface area contributed by atoms with Gasteiger partial charge in [-0.05, 0) is 31.1 Å². The molecule has 4 heteroatoms. The summed E-state index contributed by atoms with van der Waals surface area (Å²) >= 11 is 0. The van der Waals surface area contributed by atoms with Crippen LogP contribution in [-0.4, -0.2) is 17.4 Å². The fourth-order valence-electron chi connectivity index (χ4n) is 1.34. The third kappa shape index (κ3) is 2.66. The Morgan fingerprint density at radius 2 is 1.92 bits per heavy atom. The minimum atomic E-state index is -4.44. The van der Waals surface area contributed by atoms with Gasteiger partial charge in [0.2, 0.25) is 0 Å². The Balaban J connectivity index is 2.29. The van der Waals surface area contributed by atoms with Crippen LogP contribution in [0, 0.1) is 11.8 Å².